The van der Waals surface area contributed by atoms with E-state index in [1.165, 1.54) is 4.57 Å². The quantitative estimate of drug-likeness (QED) is 0.750. The zero-order chi connectivity index (χ0) is 13.2. The van der Waals surface area contributed by atoms with Crippen LogP contribution >= 0.6 is 0 Å². The van der Waals surface area contributed by atoms with E-state index in [0.717, 1.165) is 16.8 Å². The van der Waals surface area contributed by atoms with E-state index < -0.39 is 11.7 Å². The predicted octanol–water partition coefficient (Wildman–Crippen LogP) is 2.95. The first-order valence-electron chi connectivity index (χ1n) is 5.54. The number of hydrogen-bond donors (Lipinski definition) is 0. The third kappa shape index (κ3) is 3.10. The van der Waals surface area contributed by atoms with Gasteiger partial charge >= 0.3 is 6.09 Å². The first-order valence-corrected chi connectivity index (χ1v) is 5.54. The van der Waals surface area contributed by atoms with Gasteiger partial charge in [-0.2, -0.15) is 5.26 Å². The monoisotopic (exact) mass is 234 g/mol. The molecule has 0 unspecified atom stereocenters. The zero-order valence-electron chi connectivity index (χ0n) is 11.0. The highest BCUT2D eigenvalue weighted by atomic mass is 16.6. The van der Waals surface area contributed by atoms with E-state index >= 15 is 0 Å². The number of aromatic nitrogens is 1. The van der Waals surface area contributed by atoms with Crippen molar-refractivity contribution in [2.24, 2.45) is 0 Å². The average Bonchev–Trinajstić information content (AvgIpc) is 2.44. The van der Waals surface area contributed by atoms with Crippen LogP contribution in [0.3, 0.4) is 0 Å². The van der Waals surface area contributed by atoms with E-state index in [1.807, 2.05) is 34.6 Å². The Morgan fingerprint density at radius 2 is 2.06 bits per heavy atom. The van der Waals surface area contributed by atoms with E-state index in [0.29, 0.717) is 6.42 Å². The van der Waals surface area contributed by atoms with E-state index in [4.69, 9.17) is 10.00 Å². The van der Waals surface area contributed by atoms with Crippen LogP contribution in [0.1, 0.15) is 37.6 Å². The van der Waals surface area contributed by atoms with Crippen LogP contribution in [0.5, 0.6) is 0 Å². The van der Waals surface area contributed by atoms with E-state index in [1.54, 1.807) is 6.20 Å². The highest BCUT2D eigenvalue weighted by Gasteiger charge is 2.20. The first-order chi connectivity index (χ1) is 7.76. The second-order valence-electron chi connectivity index (χ2n) is 5.05. The lowest BCUT2D eigenvalue weighted by atomic mass is 10.1. The SMILES string of the molecule is Cc1c(CC#N)cn(C(=O)OC(C)(C)C)c1C. The van der Waals surface area contributed by atoms with Crippen LogP contribution in [0, 0.1) is 25.2 Å². The summed E-state index contributed by atoms with van der Waals surface area (Å²) < 4.78 is 6.76. The number of nitriles is 1. The van der Waals surface area contributed by atoms with Crippen molar-refractivity contribution >= 4 is 6.09 Å². The standard InChI is InChI=1S/C13H18N2O2/c1-9-10(2)15(8-11(9)6-7-14)12(16)17-13(3,4)5/h8H,6H2,1-5H3. The van der Waals surface area contributed by atoms with Crippen LogP contribution < -0.4 is 0 Å². The fraction of sp³-hybridized carbons (Fsp3) is 0.538. The molecular weight excluding hydrogens is 216 g/mol. The van der Waals surface area contributed by atoms with Crippen LogP contribution in [0.25, 0.3) is 0 Å². The van der Waals surface area contributed by atoms with Gasteiger partial charge in [0, 0.05) is 11.9 Å². The summed E-state index contributed by atoms with van der Waals surface area (Å²) in [6.45, 7) is 9.23. The molecule has 0 aliphatic carbocycles. The molecule has 1 aromatic heterocycles. The maximum atomic E-state index is 11.9. The van der Waals surface area contributed by atoms with Gasteiger partial charge in [-0.05, 0) is 45.7 Å². The molecule has 0 atom stereocenters. The maximum absolute atomic E-state index is 11.9. The van der Waals surface area contributed by atoms with Crippen LogP contribution in [-0.4, -0.2) is 16.3 Å². The third-order valence-electron chi connectivity index (χ3n) is 2.53. The molecule has 0 aliphatic rings. The molecule has 0 N–H and O–H groups in total. The second-order valence-corrected chi connectivity index (χ2v) is 5.05. The first kappa shape index (κ1) is 13.3. The Morgan fingerprint density at radius 1 is 1.47 bits per heavy atom. The van der Waals surface area contributed by atoms with Gasteiger partial charge in [-0.15, -0.1) is 0 Å². The van der Waals surface area contributed by atoms with Gasteiger partial charge in [-0.25, -0.2) is 4.79 Å². The second kappa shape index (κ2) is 4.62. The summed E-state index contributed by atoms with van der Waals surface area (Å²) in [5, 5.41) is 8.69. The molecule has 0 fully saturated rings. The smallest absolute Gasteiger partial charge is 0.418 e. The molecule has 1 heterocycles. The Labute approximate surface area is 102 Å². The molecule has 0 aromatic carbocycles. The van der Waals surface area contributed by atoms with Crippen LogP contribution in [0.2, 0.25) is 0 Å². The Kier molecular flexibility index (Phi) is 3.62. The molecule has 0 bridgehead atoms. The summed E-state index contributed by atoms with van der Waals surface area (Å²) in [6, 6.07) is 2.09. The molecular formula is C13H18N2O2. The van der Waals surface area contributed by atoms with Crippen molar-refractivity contribution in [3.8, 4) is 6.07 Å². The molecule has 0 radical (unpaired) electrons. The normalized spacial score (nSPS) is 11.1. The highest BCUT2D eigenvalue weighted by Crippen LogP contribution is 2.18. The summed E-state index contributed by atoms with van der Waals surface area (Å²) in [6.07, 6.45) is 1.59. The third-order valence-corrected chi connectivity index (χ3v) is 2.53. The predicted molar refractivity (Wildman–Crippen MR) is 64.9 cm³/mol. The van der Waals surface area contributed by atoms with Crippen molar-refractivity contribution in [2.45, 2.75) is 46.6 Å². The number of ether oxygens (including phenoxy) is 1. The van der Waals surface area contributed by atoms with Crippen molar-refractivity contribution < 1.29 is 9.53 Å². The minimum Gasteiger partial charge on any atom is -0.443 e. The molecule has 1 rings (SSSR count). The highest BCUT2D eigenvalue weighted by molar-refractivity contribution is 5.73. The lowest BCUT2D eigenvalue weighted by Crippen LogP contribution is -2.27. The Bertz CT molecular complexity index is 473. The van der Waals surface area contributed by atoms with Crippen LogP contribution in [0.15, 0.2) is 6.20 Å². The minimum atomic E-state index is -0.517. The summed E-state index contributed by atoms with van der Waals surface area (Å²) >= 11 is 0. The molecule has 0 spiro atoms. The van der Waals surface area contributed by atoms with Gasteiger partial charge < -0.3 is 4.74 Å². The summed E-state index contributed by atoms with van der Waals surface area (Å²) in [5.74, 6) is 0. The number of rotatable bonds is 1. The molecule has 92 valence electrons. The summed E-state index contributed by atoms with van der Waals surface area (Å²) in [5.41, 5.74) is 2.15. The van der Waals surface area contributed by atoms with E-state index in [2.05, 4.69) is 6.07 Å². The molecule has 0 aliphatic heterocycles. The molecule has 0 saturated heterocycles. The van der Waals surface area contributed by atoms with Gasteiger partial charge in [0.25, 0.3) is 0 Å². The van der Waals surface area contributed by atoms with Crippen LogP contribution in [-0.2, 0) is 11.2 Å². The number of carbonyl (C=O) groups excluding carboxylic acids is 1. The average molecular weight is 234 g/mol. The van der Waals surface area contributed by atoms with Crippen LogP contribution in [0.4, 0.5) is 4.79 Å². The van der Waals surface area contributed by atoms with Gasteiger partial charge in [-0.3, -0.25) is 4.57 Å². The van der Waals surface area contributed by atoms with Gasteiger partial charge in [0.2, 0.25) is 0 Å². The van der Waals surface area contributed by atoms with Gasteiger partial charge in [0.1, 0.15) is 5.60 Å². The Morgan fingerprint density at radius 3 is 2.53 bits per heavy atom. The number of carbonyl (C=O) groups is 1. The topological polar surface area (TPSA) is 55.0 Å². The van der Waals surface area contributed by atoms with Crippen molar-refractivity contribution in [1.29, 1.82) is 5.26 Å². The van der Waals surface area contributed by atoms with E-state index in [9.17, 15) is 4.79 Å². The molecule has 4 heteroatoms. The molecule has 0 saturated carbocycles. The minimum absolute atomic E-state index is 0.308. The van der Waals surface area contributed by atoms with E-state index in [-0.39, 0.29) is 0 Å². The number of nitrogens with zero attached hydrogens (tertiary/aromatic N) is 2. The maximum Gasteiger partial charge on any atom is 0.418 e. The Balaban J connectivity index is 3.04. The molecule has 4 nitrogen and oxygen atoms in total. The molecule has 0 amide bonds. The number of hydrogen-bond acceptors (Lipinski definition) is 3. The van der Waals surface area contributed by atoms with Gasteiger partial charge in [0.05, 0.1) is 12.5 Å². The van der Waals surface area contributed by atoms with Crippen molar-refractivity contribution in [1.82, 2.24) is 4.57 Å². The van der Waals surface area contributed by atoms with Crippen molar-refractivity contribution in [3.05, 3.63) is 23.0 Å². The lowest BCUT2D eigenvalue weighted by Gasteiger charge is -2.20. The van der Waals surface area contributed by atoms with Gasteiger partial charge in [-0.1, -0.05) is 0 Å². The molecule has 17 heavy (non-hydrogen) atoms. The van der Waals surface area contributed by atoms with Gasteiger partial charge in [0.15, 0.2) is 0 Å². The zero-order valence-corrected chi connectivity index (χ0v) is 11.0. The summed E-state index contributed by atoms with van der Waals surface area (Å²) in [4.78, 5) is 11.9. The molecule has 1 aromatic rings. The Hall–Kier alpha value is -1.76. The van der Waals surface area contributed by atoms with Crippen molar-refractivity contribution in [3.63, 3.8) is 0 Å². The van der Waals surface area contributed by atoms with Crippen molar-refractivity contribution in [2.75, 3.05) is 0 Å². The summed E-state index contributed by atoms with van der Waals surface area (Å²) in [7, 11) is 0. The fourth-order valence-electron chi connectivity index (χ4n) is 1.53. The lowest BCUT2D eigenvalue weighted by molar-refractivity contribution is 0.0534. The fourth-order valence-corrected chi connectivity index (χ4v) is 1.53. The largest absolute Gasteiger partial charge is 0.443 e.